The third kappa shape index (κ3) is 2.96. The molecule has 2 aliphatic carbocycles. The Kier molecular flexibility index (Phi) is 4.26. The van der Waals surface area contributed by atoms with Crippen molar-refractivity contribution < 1.29 is 4.79 Å². The predicted molar refractivity (Wildman–Crippen MR) is 86.6 cm³/mol. The highest BCUT2D eigenvalue weighted by atomic mass is 35.5. The highest BCUT2D eigenvalue weighted by molar-refractivity contribution is 6.30. The van der Waals surface area contributed by atoms with Crippen molar-refractivity contribution in [2.75, 3.05) is 7.05 Å². The lowest BCUT2D eigenvalue weighted by molar-refractivity contribution is -0.135. The molecule has 1 aromatic rings. The molecule has 0 saturated heterocycles. The van der Waals surface area contributed by atoms with Gasteiger partial charge >= 0.3 is 0 Å². The third-order valence-electron chi connectivity index (χ3n) is 5.25. The summed E-state index contributed by atoms with van der Waals surface area (Å²) in [7, 11) is 2.01. The number of hydrogen-bond donors (Lipinski definition) is 0. The zero-order valence-electron chi connectivity index (χ0n) is 12.8. The first kappa shape index (κ1) is 14.9. The normalized spacial score (nSPS) is 21.6. The second-order valence-electron chi connectivity index (χ2n) is 6.65. The lowest BCUT2D eigenvalue weighted by Crippen LogP contribution is -2.43. The maximum absolute atomic E-state index is 13.0. The van der Waals surface area contributed by atoms with Crippen LogP contribution in [-0.4, -0.2) is 23.9 Å². The average molecular weight is 306 g/mol. The van der Waals surface area contributed by atoms with E-state index in [0.29, 0.717) is 11.9 Å². The largest absolute Gasteiger partial charge is 0.342 e. The number of amides is 1. The van der Waals surface area contributed by atoms with E-state index in [4.69, 9.17) is 11.6 Å². The molecule has 0 heterocycles. The van der Waals surface area contributed by atoms with Crippen LogP contribution in [-0.2, 0) is 10.2 Å². The highest BCUT2D eigenvalue weighted by Crippen LogP contribution is 2.50. The molecule has 21 heavy (non-hydrogen) atoms. The first-order valence-electron chi connectivity index (χ1n) is 8.17. The summed E-state index contributed by atoms with van der Waals surface area (Å²) in [4.78, 5) is 15.1. The van der Waals surface area contributed by atoms with Crippen molar-refractivity contribution in [2.24, 2.45) is 0 Å². The summed E-state index contributed by atoms with van der Waals surface area (Å²) in [5, 5.41) is 0.735. The second kappa shape index (κ2) is 6.00. The minimum absolute atomic E-state index is 0.258. The number of rotatable bonds is 3. The van der Waals surface area contributed by atoms with Crippen molar-refractivity contribution >= 4 is 17.5 Å². The zero-order valence-corrected chi connectivity index (χ0v) is 13.5. The van der Waals surface area contributed by atoms with E-state index >= 15 is 0 Å². The van der Waals surface area contributed by atoms with Crippen LogP contribution in [0.25, 0.3) is 0 Å². The van der Waals surface area contributed by atoms with E-state index < -0.39 is 0 Å². The molecule has 0 unspecified atom stereocenters. The van der Waals surface area contributed by atoms with Gasteiger partial charge in [0.1, 0.15) is 0 Å². The van der Waals surface area contributed by atoms with E-state index in [1.54, 1.807) is 0 Å². The SMILES string of the molecule is CN(C(=O)C1(c2ccc(Cl)cc2)CC1)C1CCCCCC1. The molecule has 1 aromatic carbocycles. The fraction of sp³-hybridized carbons (Fsp3) is 0.611. The Morgan fingerprint density at radius 2 is 1.67 bits per heavy atom. The minimum atomic E-state index is -0.258. The second-order valence-corrected chi connectivity index (χ2v) is 7.09. The molecular formula is C18H24ClNO. The van der Waals surface area contributed by atoms with Crippen LogP contribution in [0.1, 0.15) is 56.9 Å². The third-order valence-corrected chi connectivity index (χ3v) is 5.50. The van der Waals surface area contributed by atoms with Crippen LogP contribution < -0.4 is 0 Å². The molecule has 2 fully saturated rings. The summed E-state index contributed by atoms with van der Waals surface area (Å²) in [6.07, 6.45) is 9.45. The molecular weight excluding hydrogens is 282 g/mol. The van der Waals surface area contributed by atoms with Gasteiger partial charge in [0.05, 0.1) is 5.41 Å². The molecule has 3 rings (SSSR count). The lowest BCUT2D eigenvalue weighted by Gasteiger charge is -2.31. The van der Waals surface area contributed by atoms with Gasteiger partial charge in [0, 0.05) is 18.1 Å². The number of carbonyl (C=O) groups is 1. The number of nitrogens with zero attached hydrogens (tertiary/aromatic N) is 1. The molecule has 2 saturated carbocycles. The van der Waals surface area contributed by atoms with Crippen LogP contribution in [0.15, 0.2) is 24.3 Å². The number of likely N-dealkylation sites (N-methyl/N-ethyl adjacent to an activating group) is 1. The molecule has 0 N–H and O–H groups in total. The van der Waals surface area contributed by atoms with Crippen LogP contribution in [0, 0.1) is 0 Å². The summed E-state index contributed by atoms with van der Waals surface area (Å²) in [5.41, 5.74) is 0.878. The summed E-state index contributed by atoms with van der Waals surface area (Å²) >= 11 is 5.97. The molecule has 0 aromatic heterocycles. The van der Waals surface area contributed by atoms with Crippen LogP contribution >= 0.6 is 11.6 Å². The lowest BCUT2D eigenvalue weighted by atomic mass is 9.93. The summed E-state index contributed by atoms with van der Waals surface area (Å²) in [6.45, 7) is 0. The molecule has 0 atom stereocenters. The highest BCUT2D eigenvalue weighted by Gasteiger charge is 2.53. The first-order chi connectivity index (χ1) is 10.1. The number of carbonyl (C=O) groups excluding carboxylic acids is 1. The summed E-state index contributed by atoms with van der Waals surface area (Å²) < 4.78 is 0. The quantitative estimate of drug-likeness (QED) is 0.750. The van der Waals surface area contributed by atoms with Gasteiger partial charge in [-0.3, -0.25) is 4.79 Å². The molecule has 0 spiro atoms. The molecule has 114 valence electrons. The van der Waals surface area contributed by atoms with Gasteiger partial charge in [0.2, 0.25) is 5.91 Å². The van der Waals surface area contributed by atoms with Gasteiger partial charge in [-0.2, -0.15) is 0 Å². The Bertz CT molecular complexity index is 498. The van der Waals surface area contributed by atoms with E-state index in [-0.39, 0.29) is 5.41 Å². The summed E-state index contributed by atoms with van der Waals surface area (Å²) in [6, 6.07) is 8.28. The van der Waals surface area contributed by atoms with Crippen molar-refractivity contribution in [3.05, 3.63) is 34.9 Å². The fourth-order valence-corrected chi connectivity index (χ4v) is 3.79. The Morgan fingerprint density at radius 1 is 1.10 bits per heavy atom. The smallest absolute Gasteiger partial charge is 0.233 e. The summed E-state index contributed by atoms with van der Waals surface area (Å²) in [5.74, 6) is 0.316. The molecule has 0 aliphatic heterocycles. The van der Waals surface area contributed by atoms with Gasteiger partial charge < -0.3 is 4.90 Å². The van der Waals surface area contributed by atoms with E-state index in [1.165, 1.54) is 38.5 Å². The molecule has 0 bridgehead atoms. The van der Waals surface area contributed by atoms with Crippen molar-refractivity contribution in [3.8, 4) is 0 Å². The van der Waals surface area contributed by atoms with Gasteiger partial charge in [0.15, 0.2) is 0 Å². The monoisotopic (exact) mass is 305 g/mol. The fourth-order valence-electron chi connectivity index (χ4n) is 3.67. The van der Waals surface area contributed by atoms with E-state index in [1.807, 2.05) is 36.2 Å². The van der Waals surface area contributed by atoms with E-state index in [2.05, 4.69) is 0 Å². The number of halogens is 1. The molecule has 2 aliphatic rings. The van der Waals surface area contributed by atoms with Crippen LogP contribution in [0.3, 0.4) is 0 Å². The predicted octanol–water partition coefficient (Wildman–Crippen LogP) is 4.55. The van der Waals surface area contributed by atoms with E-state index in [9.17, 15) is 4.79 Å². The van der Waals surface area contributed by atoms with Gasteiger partial charge in [-0.1, -0.05) is 49.4 Å². The van der Waals surface area contributed by atoms with Crippen molar-refractivity contribution in [2.45, 2.75) is 62.8 Å². The maximum Gasteiger partial charge on any atom is 0.233 e. The molecule has 2 nitrogen and oxygen atoms in total. The van der Waals surface area contributed by atoms with Crippen LogP contribution in [0.4, 0.5) is 0 Å². The Hall–Kier alpha value is -1.02. The number of benzene rings is 1. The molecule has 0 radical (unpaired) electrons. The zero-order chi connectivity index (χ0) is 14.9. The first-order valence-corrected chi connectivity index (χ1v) is 8.55. The topological polar surface area (TPSA) is 20.3 Å². The van der Waals surface area contributed by atoms with Crippen LogP contribution in [0.2, 0.25) is 5.02 Å². The standard InChI is InChI=1S/C18H24ClNO/c1-20(16-6-4-2-3-5-7-16)17(21)18(12-13-18)14-8-10-15(19)11-9-14/h8-11,16H,2-7,12-13H2,1H3. The maximum atomic E-state index is 13.0. The Balaban J connectivity index is 1.75. The van der Waals surface area contributed by atoms with Crippen molar-refractivity contribution in [3.63, 3.8) is 0 Å². The van der Waals surface area contributed by atoms with Gasteiger partial charge in [0.25, 0.3) is 0 Å². The molecule has 3 heteroatoms. The van der Waals surface area contributed by atoms with Crippen molar-refractivity contribution in [1.82, 2.24) is 4.90 Å². The minimum Gasteiger partial charge on any atom is -0.342 e. The molecule has 1 amide bonds. The average Bonchev–Trinajstić information content (AvgIpc) is 3.31. The number of hydrogen-bond acceptors (Lipinski definition) is 1. The van der Waals surface area contributed by atoms with Gasteiger partial charge in [-0.25, -0.2) is 0 Å². The van der Waals surface area contributed by atoms with E-state index in [0.717, 1.165) is 23.4 Å². The van der Waals surface area contributed by atoms with Crippen molar-refractivity contribution in [1.29, 1.82) is 0 Å². The van der Waals surface area contributed by atoms with Crippen LogP contribution in [0.5, 0.6) is 0 Å². The Morgan fingerprint density at radius 3 is 2.19 bits per heavy atom. The van der Waals surface area contributed by atoms with Gasteiger partial charge in [-0.15, -0.1) is 0 Å². The van der Waals surface area contributed by atoms with Gasteiger partial charge in [-0.05, 0) is 43.4 Å². The Labute approximate surface area is 132 Å².